The van der Waals surface area contributed by atoms with Crippen molar-refractivity contribution in [2.24, 2.45) is 0 Å². The Balaban J connectivity index is 1.93. The van der Waals surface area contributed by atoms with Crippen molar-refractivity contribution in [3.63, 3.8) is 0 Å². The third kappa shape index (κ3) is 2.16. The summed E-state index contributed by atoms with van der Waals surface area (Å²) in [5.41, 5.74) is 3.68. The Morgan fingerprint density at radius 1 is 1.21 bits per heavy atom. The monoisotopic (exact) mass is 345 g/mol. The number of fused-ring (bicyclic) bond motifs is 3. The molecule has 2 aliphatic rings. The number of hydrogen-bond donors (Lipinski definition) is 1. The Labute approximate surface area is 147 Å². The molecule has 24 heavy (non-hydrogen) atoms. The molecule has 2 atom stereocenters. The number of hydrogen-bond acceptors (Lipinski definition) is 3. The molecule has 4 rings (SSSR count). The van der Waals surface area contributed by atoms with Gasteiger partial charge in [0.25, 0.3) is 0 Å². The molecule has 2 unspecified atom stereocenters. The van der Waals surface area contributed by atoms with Crippen LogP contribution in [0, 0.1) is 19.7 Å². The summed E-state index contributed by atoms with van der Waals surface area (Å²) in [6, 6.07) is 5.87. The quantitative estimate of drug-likeness (QED) is 0.745. The Hall–Kier alpha value is -1.39. The van der Waals surface area contributed by atoms with E-state index in [4.69, 9.17) is 4.74 Å². The molecular formula is C20H24FNOS. The van der Waals surface area contributed by atoms with E-state index >= 15 is 0 Å². The van der Waals surface area contributed by atoms with E-state index in [0.29, 0.717) is 0 Å². The molecule has 0 radical (unpaired) electrons. The van der Waals surface area contributed by atoms with Crippen LogP contribution in [0.25, 0.3) is 10.4 Å². The fourth-order valence-electron chi connectivity index (χ4n) is 4.63. The number of nitrogens with one attached hydrogen (secondary N) is 1. The number of ether oxygens (including phenoxy) is 1. The molecule has 0 spiro atoms. The first-order valence-electron chi connectivity index (χ1n) is 8.53. The lowest BCUT2D eigenvalue weighted by Gasteiger charge is -2.48. The van der Waals surface area contributed by atoms with Crippen molar-refractivity contribution in [1.29, 1.82) is 0 Å². The molecule has 1 fully saturated rings. The van der Waals surface area contributed by atoms with Crippen LogP contribution >= 0.6 is 11.3 Å². The second-order valence-corrected chi connectivity index (χ2v) is 9.27. The SMILES string of the molecule is Cc1cc(C)c(-c2cc3c(cc2F)NC(C)(C)C2OCCC32C)s1. The van der Waals surface area contributed by atoms with E-state index in [1.165, 1.54) is 10.4 Å². The largest absolute Gasteiger partial charge is 0.377 e. The highest BCUT2D eigenvalue weighted by atomic mass is 32.1. The molecule has 4 heteroatoms. The third-order valence-electron chi connectivity index (χ3n) is 5.61. The maximum absolute atomic E-state index is 14.9. The fraction of sp³-hybridized carbons (Fsp3) is 0.500. The van der Waals surface area contributed by atoms with E-state index < -0.39 is 0 Å². The molecule has 2 aromatic rings. The van der Waals surface area contributed by atoms with Crippen LogP contribution in [-0.2, 0) is 10.2 Å². The Morgan fingerprint density at radius 3 is 2.62 bits per heavy atom. The Kier molecular flexibility index (Phi) is 3.39. The maximum Gasteiger partial charge on any atom is 0.133 e. The second-order valence-electron chi connectivity index (χ2n) is 8.01. The molecule has 2 aliphatic heterocycles. The molecule has 0 bridgehead atoms. The molecule has 0 amide bonds. The number of aryl methyl sites for hydroxylation is 2. The highest BCUT2D eigenvalue weighted by molar-refractivity contribution is 7.15. The van der Waals surface area contributed by atoms with Crippen LogP contribution < -0.4 is 5.32 Å². The van der Waals surface area contributed by atoms with Gasteiger partial charge < -0.3 is 10.1 Å². The number of benzene rings is 1. The number of anilines is 1. The summed E-state index contributed by atoms with van der Waals surface area (Å²) in [7, 11) is 0. The van der Waals surface area contributed by atoms with E-state index in [0.717, 1.165) is 34.7 Å². The van der Waals surface area contributed by atoms with Gasteiger partial charge in [0.15, 0.2) is 0 Å². The minimum absolute atomic E-state index is 0.0766. The minimum Gasteiger partial charge on any atom is -0.377 e. The Bertz CT molecular complexity index is 825. The molecule has 0 aliphatic carbocycles. The predicted octanol–water partition coefficient (Wildman–Crippen LogP) is 5.42. The summed E-state index contributed by atoms with van der Waals surface area (Å²) >= 11 is 1.66. The summed E-state index contributed by atoms with van der Waals surface area (Å²) in [5.74, 6) is -0.150. The van der Waals surface area contributed by atoms with Crippen molar-refractivity contribution >= 4 is 17.0 Å². The highest BCUT2D eigenvalue weighted by Gasteiger charge is 2.53. The van der Waals surface area contributed by atoms with Gasteiger partial charge in [0.2, 0.25) is 0 Å². The lowest BCUT2D eigenvalue weighted by molar-refractivity contribution is 0.0352. The van der Waals surface area contributed by atoms with E-state index in [9.17, 15) is 4.39 Å². The lowest BCUT2D eigenvalue weighted by Crippen LogP contribution is -2.56. The summed E-state index contributed by atoms with van der Waals surface area (Å²) in [5, 5.41) is 3.51. The van der Waals surface area contributed by atoms with Crippen molar-refractivity contribution in [1.82, 2.24) is 0 Å². The zero-order valence-corrected chi connectivity index (χ0v) is 15.7. The van der Waals surface area contributed by atoms with E-state index in [2.05, 4.69) is 52.1 Å². The summed E-state index contributed by atoms with van der Waals surface area (Å²) in [6.45, 7) is 11.4. The molecule has 1 saturated heterocycles. The van der Waals surface area contributed by atoms with E-state index in [1.807, 2.05) is 0 Å². The molecular weight excluding hydrogens is 321 g/mol. The maximum atomic E-state index is 14.9. The van der Waals surface area contributed by atoms with Crippen molar-refractivity contribution in [2.45, 2.75) is 58.1 Å². The van der Waals surface area contributed by atoms with Gasteiger partial charge in [-0.15, -0.1) is 11.3 Å². The van der Waals surface area contributed by atoms with Crippen molar-refractivity contribution < 1.29 is 9.13 Å². The average molecular weight is 345 g/mol. The smallest absolute Gasteiger partial charge is 0.133 e. The third-order valence-corrected chi connectivity index (χ3v) is 6.79. The highest BCUT2D eigenvalue weighted by Crippen LogP contribution is 2.51. The van der Waals surface area contributed by atoms with Gasteiger partial charge in [0, 0.05) is 33.0 Å². The van der Waals surface area contributed by atoms with Gasteiger partial charge in [-0.3, -0.25) is 0 Å². The van der Waals surface area contributed by atoms with Gasteiger partial charge in [0.05, 0.1) is 11.6 Å². The zero-order chi connectivity index (χ0) is 17.3. The minimum atomic E-state index is -0.207. The van der Waals surface area contributed by atoms with Crippen LogP contribution in [0.5, 0.6) is 0 Å². The van der Waals surface area contributed by atoms with Crippen LogP contribution in [0.1, 0.15) is 43.2 Å². The van der Waals surface area contributed by atoms with Gasteiger partial charge in [-0.1, -0.05) is 6.92 Å². The number of halogens is 1. The first-order chi connectivity index (χ1) is 11.2. The van der Waals surface area contributed by atoms with Crippen molar-refractivity contribution in [2.75, 3.05) is 11.9 Å². The first-order valence-corrected chi connectivity index (χ1v) is 9.35. The topological polar surface area (TPSA) is 21.3 Å². The van der Waals surface area contributed by atoms with E-state index in [1.54, 1.807) is 17.4 Å². The molecule has 1 aromatic carbocycles. The molecule has 2 nitrogen and oxygen atoms in total. The lowest BCUT2D eigenvalue weighted by atomic mass is 9.67. The molecule has 1 aromatic heterocycles. The standard InChI is InChI=1S/C20H24FNOS/c1-11-8-12(2)24-17(11)13-9-14-16(10-15(13)21)22-19(3,4)18-20(14,5)6-7-23-18/h8-10,18,22H,6-7H2,1-5H3. The Morgan fingerprint density at radius 2 is 1.96 bits per heavy atom. The van der Waals surface area contributed by atoms with E-state index in [-0.39, 0.29) is 22.9 Å². The zero-order valence-electron chi connectivity index (χ0n) is 14.9. The van der Waals surface area contributed by atoms with Crippen molar-refractivity contribution in [3.05, 3.63) is 40.0 Å². The summed E-state index contributed by atoms with van der Waals surface area (Å²) in [6.07, 6.45) is 1.07. The van der Waals surface area contributed by atoms with Crippen LogP contribution in [0.15, 0.2) is 18.2 Å². The van der Waals surface area contributed by atoms with Gasteiger partial charge in [-0.25, -0.2) is 4.39 Å². The average Bonchev–Trinajstić information content (AvgIpc) is 3.02. The number of rotatable bonds is 1. The second kappa shape index (κ2) is 5.06. The van der Waals surface area contributed by atoms with Gasteiger partial charge >= 0.3 is 0 Å². The van der Waals surface area contributed by atoms with Gasteiger partial charge in [0.1, 0.15) is 5.82 Å². The predicted molar refractivity (Wildman–Crippen MR) is 98.6 cm³/mol. The van der Waals surface area contributed by atoms with Crippen LogP contribution in [0.2, 0.25) is 0 Å². The van der Waals surface area contributed by atoms with Gasteiger partial charge in [-0.05, 0) is 63.4 Å². The van der Waals surface area contributed by atoms with Crippen LogP contribution in [-0.4, -0.2) is 18.2 Å². The van der Waals surface area contributed by atoms with Crippen LogP contribution in [0.4, 0.5) is 10.1 Å². The molecule has 1 N–H and O–H groups in total. The first kappa shape index (κ1) is 16.1. The molecule has 0 saturated carbocycles. The summed E-state index contributed by atoms with van der Waals surface area (Å²) in [4.78, 5) is 2.25. The van der Waals surface area contributed by atoms with Gasteiger partial charge in [-0.2, -0.15) is 0 Å². The van der Waals surface area contributed by atoms with Crippen LogP contribution in [0.3, 0.4) is 0 Å². The molecule has 128 valence electrons. The number of thiophene rings is 1. The van der Waals surface area contributed by atoms with Crippen molar-refractivity contribution in [3.8, 4) is 10.4 Å². The fourth-order valence-corrected chi connectivity index (χ4v) is 5.67. The molecule has 3 heterocycles. The summed E-state index contributed by atoms with van der Waals surface area (Å²) < 4.78 is 21.0. The normalized spacial score (nSPS) is 27.5.